The summed E-state index contributed by atoms with van der Waals surface area (Å²) in [6, 6.07) is 5.68. The lowest BCUT2D eigenvalue weighted by Crippen LogP contribution is -2.37. The number of rotatable bonds is 2. The predicted molar refractivity (Wildman–Crippen MR) is 89.4 cm³/mol. The minimum atomic E-state index is -0.294. The molecule has 0 radical (unpaired) electrons. The fourth-order valence-corrected chi connectivity index (χ4v) is 3.19. The molecule has 2 aliphatic rings. The van der Waals surface area contributed by atoms with Crippen LogP contribution < -0.4 is 4.74 Å². The van der Waals surface area contributed by atoms with Crippen LogP contribution in [0.25, 0.3) is 0 Å². The van der Waals surface area contributed by atoms with Crippen LogP contribution in [0.15, 0.2) is 18.2 Å². The van der Waals surface area contributed by atoms with Crippen LogP contribution in [0.2, 0.25) is 0 Å². The summed E-state index contributed by atoms with van der Waals surface area (Å²) in [6.07, 6.45) is 2.41. The van der Waals surface area contributed by atoms with Crippen LogP contribution in [-0.2, 0) is 11.2 Å². The van der Waals surface area contributed by atoms with Crippen molar-refractivity contribution in [3.63, 3.8) is 0 Å². The van der Waals surface area contributed by atoms with Crippen molar-refractivity contribution in [2.75, 3.05) is 39.4 Å². The van der Waals surface area contributed by atoms with Crippen molar-refractivity contribution in [3.05, 3.63) is 29.3 Å². The lowest BCUT2D eigenvalue weighted by atomic mass is 10.0. The van der Waals surface area contributed by atoms with E-state index < -0.39 is 0 Å². The quantitative estimate of drug-likeness (QED) is 0.834. The molecule has 0 saturated carbocycles. The Morgan fingerprint density at radius 2 is 1.92 bits per heavy atom. The third-order valence-electron chi connectivity index (χ3n) is 4.46. The summed E-state index contributed by atoms with van der Waals surface area (Å²) >= 11 is 0. The summed E-state index contributed by atoms with van der Waals surface area (Å²) in [7, 11) is 0. The van der Waals surface area contributed by atoms with Crippen molar-refractivity contribution in [1.82, 2.24) is 9.80 Å². The molecule has 6 nitrogen and oxygen atoms in total. The third kappa shape index (κ3) is 3.63. The minimum absolute atomic E-state index is 0.0223. The van der Waals surface area contributed by atoms with Gasteiger partial charge in [-0.25, -0.2) is 4.79 Å². The van der Waals surface area contributed by atoms with Crippen molar-refractivity contribution in [3.8, 4) is 5.75 Å². The summed E-state index contributed by atoms with van der Waals surface area (Å²) in [5.41, 5.74) is 1.80. The van der Waals surface area contributed by atoms with Crippen molar-refractivity contribution < 1.29 is 19.1 Å². The van der Waals surface area contributed by atoms with Gasteiger partial charge in [0.05, 0.1) is 13.2 Å². The normalized spacial score (nSPS) is 17.5. The molecule has 1 aromatic rings. The van der Waals surface area contributed by atoms with Gasteiger partial charge in [-0.1, -0.05) is 0 Å². The Morgan fingerprint density at radius 1 is 1.12 bits per heavy atom. The van der Waals surface area contributed by atoms with Gasteiger partial charge in [-0.15, -0.1) is 0 Å². The Morgan fingerprint density at radius 3 is 2.75 bits per heavy atom. The van der Waals surface area contributed by atoms with E-state index in [0.29, 0.717) is 38.3 Å². The number of nitrogens with zero attached hydrogens (tertiary/aromatic N) is 2. The zero-order valence-corrected chi connectivity index (χ0v) is 14.1. The zero-order valence-electron chi connectivity index (χ0n) is 14.1. The number of carbonyl (C=O) groups excluding carboxylic acids is 2. The summed E-state index contributed by atoms with van der Waals surface area (Å²) in [4.78, 5) is 28.1. The van der Waals surface area contributed by atoms with Gasteiger partial charge in [-0.3, -0.25) is 4.79 Å². The topological polar surface area (TPSA) is 59.1 Å². The van der Waals surface area contributed by atoms with Gasteiger partial charge in [0.1, 0.15) is 5.75 Å². The van der Waals surface area contributed by atoms with Gasteiger partial charge < -0.3 is 19.3 Å². The molecule has 0 bridgehead atoms. The molecule has 2 amide bonds. The fourth-order valence-electron chi connectivity index (χ4n) is 3.19. The highest BCUT2D eigenvalue weighted by Gasteiger charge is 2.24. The SMILES string of the molecule is CCOC(=O)N1CCCN(C(=O)c2ccc3c(c2)CCCO3)CC1. The van der Waals surface area contributed by atoms with E-state index in [9.17, 15) is 9.59 Å². The lowest BCUT2D eigenvalue weighted by Gasteiger charge is -2.23. The molecule has 0 aromatic heterocycles. The number of hydrogen-bond donors (Lipinski definition) is 0. The molecule has 0 spiro atoms. The molecule has 1 saturated heterocycles. The lowest BCUT2D eigenvalue weighted by molar-refractivity contribution is 0.0753. The molecular formula is C18H24N2O4. The first kappa shape index (κ1) is 16.6. The Kier molecular flexibility index (Phi) is 5.23. The van der Waals surface area contributed by atoms with Crippen LogP contribution in [0.5, 0.6) is 5.75 Å². The molecule has 24 heavy (non-hydrogen) atoms. The average Bonchev–Trinajstić information content (AvgIpc) is 2.87. The maximum Gasteiger partial charge on any atom is 0.409 e. The maximum atomic E-state index is 12.8. The molecule has 6 heteroatoms. The summed E-state index contributed by atoms with van der Waals surface area (Å²) in [5.74, 6) is 0.913. The molecule has 0 unspecified atom stereocenters. The first-order valence-corrected chi connectivity index (χ1v) is 8.65. The van der Waals surface area contributed by atoms with Crippen LogP contribution in [0.1, 0.15) is 35.7 Å². The highest BCUT2D eigenvalue weighted by atomic mass is 16.6. The van der Waals surface area contributed by atoms with Crippen LogP contribution in [0.4, 0.5) is 4.79 Å². The van der Waals surface area contributed by atoms with E-state index in [4.69, 9.17) is 9.47 Å². The Balaban J connectivity index is 1.66. The molecule has 3 rings (SSSR count). The van der Waals surface area contributed by atoms with E-state index in [1.807, 2.05) is 23.1 Å². The highest BCUT2D eigenvalue weighted by molar-refractivity contribution is 5.94. The van der Waals surface area contributed by atoms with E-state index >= 15 is 0 Å². The van der Waals surface area contributed by atoms with Gasteiger partial charge in [0.2, 0.25) is 0 Å². The first-order valence-electron chi connectivity index (χ1n) is 8.65. The van der Waals surface area contributed by atoms with E-state index in [-0.39, 0.29) is 12.0 Å². The van der Waals surface area contributed by atoms with E-state index in [1.165, 1.54) is 0 Å². The van der Waals surface area contributed by atoms with Gasteiger partial charge >= 0.3 is 6.09 Å². The number of hydrogen-bond acceptors (Lipinski definition) is 4. The third-order valence-corrected chi connectivity index (χ3v) is 4.46. The van der Waals surface area contributed by atoms with Gasteiger partial charge in [0.25, 0.3) is 5.91 Å². The van der Waals surface area contributed by atoms with Crippen LogP contribution >= 0.6 is 0 Å². The van der Waals surface area contributed by atoms with Crippen molar-refractivity contribution >= 4 is 12.0 Å². The Bertz CT molecular complexity index is 617. The van der Waals surface area contributed by atoms with Gasteiger partial charge in [-0.05, 0) is 49.9 Å². The number of aryl methyl sites for hydroxylation is 1. The zero-order chi connectivity index (χ0) is 16.9. The molecule has 2 aliphatic heterocycles. The number of ether oxygens (including phenoxy) is 2. The largest absolute Gasteiger partial charge is 0.493 e. The Labute approximate surface area is 142 Å². The van der Waals surface area contributed by atoms with Crippen molar-refractivity contribution in [2.24, 2.45) is 0 Å². The summed E-state index contributed by atoms with van der Waals surface area (Å²) in [6.45, 7) is 5.24. The van der Waals surface area contributed by atoms with E-state index in [0.717, 1.165) is 37.2 Å². The number of fused-ring (bicyclic) bond motifs is 1. The second-order valence-electron chi connectivity index (χ2n) is 6.11. The van der Waals surface area contributed by atoms with Gasteiger partial charge in [-0.2, -0.15) is 0 Å². The van der Waals surface area contributed by atoms with Gasteiger partial charge in [0, 0.05) is 31.7 Å². The summed E-state index contributed by atoms with van der Waals surface area (Å²) in [5, 5.41) is 0. The number of benzene rings is 1. The molecule has 2 heterocycles. The standard InChI is InChI=1S/C18H24N2O4/c1-2-23-18(22)20-9-4-8-19(10-11-20)17(21)15-6-7-16-14(13-15)5-3-12-24-16/h6-7,13H,2-5,8-12H2,1H3. The first-order chi connectivity index (χ1) is 11.7. The molecular weight excluding hydrogens is 308 g/mol. The van der Waals surface area contributed by atoms with Crippen LogP contribution in [-0.4, -0.2) is 61.2 Å². The second kappa shape index (κ2) is 7.55. The van der Waals surface area contributed by atoms with Crippen molar-refractivity contribution in [2.45, 2.75) is 26.2 Å². The van der Waals surface area contributed by atoms with Crippen LogP contribution in [0, 0.1) is 0 Å². The Hall–Kier alpha value is -2.24. The molecule has 0 aliphatic carbocycles. The summed E-state index contributed by atoms with van der Waals surface area (Å²) < 4.78 is 10.7. The minimum Gasteiger partial charge on any atom is -0.493 e. The molecule has 130 valence electrons. The molecule has 0 atom stereocenters. The fraction of sp³-hybridized carbons (Fsp3) is 0.556. The highest BCUT2D eigenvalue weighted by Crippen LogP contribution is 2.26. The predicted octanol–water partition coefficient (Wildman–Crippen LogP) is 2.32. The van der Waals surface area contributed by atoms with E-state index in [1.54, 1.807) is 11.8 Å². The number of amides is 2. The average molecular weight is 332 g/mol. The maximum absolute atomic E-state index is 12.8. The molecule has 0 N–H and O–H groups in total. The van der Waals surface area contributed by atoms with Crippen molar-refractivity contribution in [1.29, 1.82) is 0 Å². The van der Waals surface area contributed by atoms with Gasteiger partial charge in [0.15, 0.2) is 0 Å². The van der Waals surface area contributed by atoms with E-state index in [2.05, 4.69) is 0 Å². The smallest absolute Gasteiger partial charge is 0.409 e. The molecule has 1 fully saturated rings. The van der Waals surface area contributed by atoms with Crippen LogP contribution in [0.3, 0.4) is 0 Å². The molecule has 1 aromatic carbocycles. The monoisotopic (exact) mass is 332 g/mol. The number of carbonyl (C=O) groups is 2. The second-order valence-corrected chi connectivity index (χ2v) is 6.11.